The van der Waals surface area contributed by atoms with Gasteiger partial charge in [-0.25, -0.2) is 19.4 Å². The van der Waals surface area contributed by atoms with Gasteiger partial charge in [0.05, 0.1) is 0 Å². The highest BCUT2D eigenvalue weighted by Gasteiger charge is 2.25. The number of guanidine groups is 1. The first-order valence-electron chi connectivity index (χ1n) is 8.40. The molecular weight excluding hydrogens is 323 g/mol. The lowest BCUT2D eigenvalue weighted by Crippen LogP contribution is -2.44. The summed E-state index contributed by atoms with van der Waals surface area (Å²) in [5.41, 5.74) is 0. The smallest absolute Gasteiger partial charge is 0.191 e. The molecule has 1 saturated heterocycles. The van der Waals surface area contributed by atoms with Crippen molar-refractivity contribution in [2.24, 2.45) is 12.0 Å². The third-order valence-electron chi connectivity index (χ3n) is 4.10. The molecule has 1 fully saturated rings. The highest BCUT2D eigenvalue weighted by atomic mass is 19.1. The number of aromatic nitrogens is 4. The molecule has 2 aromatic rings. The van der Waals surface area contributed by atoms with E-state index < -0.39 is 0 Å². The Hall–Kier alpha value is -2.71. The van der Waals surface area contributed by atoms with E-state index in [-0.39, 0.29) is 11.9 Å². The van der Waals surface area contributed by atoms with E-state index >= 15 is 0 Å². The molecule has 0 bridgehead atoms. The normalized spacial score (nSPS) is 17.8. The summed E-state index contributed by atoms with van der Waals surface area (Å²) in [4.78, 5) is 14.8. The molecule has 25 heavy (non-hydrogen) atoms. The molecule has 1 unspecified atom stereocenters. The van der Waals surface area contributed by atoms with Crippen molar-refractivity contribution in [2.75, 3.05) is 24.5 Å². The molecule has 1 atom stereocenters. The number of nitrogens with zero attached hydrogens (tertiary/aromatic N) is 6. The average molecular weight is 346 g/mol. The molecule has 2 aromatic heterocycles. The van der Waals surface area contributed by atoms with Crippen molar-refractivity contribution in [3.8, 4) is 0 Å². The van der Waals surface area contributed by atoms with Gasteiger partial charge in [-0.3, -0.25) is 4.68 Å². The summed E-state index contributed by atoms with van der Waals surface area (Å²) in [5.74, 6) is 1.64. The number of halogens is 1. The number of rotatable bonds is 5. The highest BCUT2D eigenvalue weighted by molar-refractivity contribution is 5.80. The van der Waals surface area contributed by atoms with Gasteiger partial charge < -0.3 is 15.5 Å². The molecule has 0 radical (unpaired) electrons. The van der Waals surface area contributed by atoms with Crippen LogP contribution in [0.1, 0.15) is 19.2 Å². The van der Waals surface area contributed by atoms with E-state index in [9.17, 15) is 4.39 Å². The number of pyridine rings is 1. The zero-order chi connectivity index (χ0) is 17.6. The van der Waals surface area contributed by atoms with Crippen molar-refractivity contribution >= 4 is 11.8 Å². The van der Waals surface area contributed by atoms with Gasteiger partial charge >= 0.3 is 0 Å². The fourth-order valence-electron chi connectivity index (χ4n) is 2.81. The first-order valence-corrected chi connectivity index (χ1v) is 8.40. The topological polar surface area (TPSA) is 83.3 Å². The summed E-state index contributed by atoms with van der Waals surface area (Å²) in [7, 11) is 1.84. The average Bonchev–Trinajstić information content (AvgIpc) is 3.22. The van der Waals surface area contributed by atoms with Crippen LogP contribution in [-0.4, -0.2) is 51.4 Å². The molecule has 8 nitrogen and oxygen atoms in total. The second-order valence-electron chi connectivity index (χ2n) is 5.88. The van der Waals surface area contributed by atoms with E-state index in [0.29, 0.717) is 18.9 Å². The van der Waals surface area contributed by atoms with Crippen LogP contribution in [0, 0.1) is 5.82 Å². The zero-order valence-corrected chi connectivity index (χ0v) is 14.5. The van der Waals surface area contributed by atoms with Crippen LogP contribution >= 0.6 is 0 Å². The molecule has 9 heteroatoms. The Balaban J connectivity index is 1.61. The van der Waals surface area contributed by atoms with Gasteiger partial charge in [-0.2, -0.15) is 5.10 Å². The highest BCUT2D eigenvalue weighted by Crippen LogP contribution is 2.20. The van der Waals surface area contributed by atoms with Crippen LogP contribution in [0.3, 0.4) is 0 Å². The predicted molar refractivity (Wildman–Crippen MR) is 93.8 cm³/mol. The molecule has 2 N–H and O–H groups in total. The third kappa shape index (κ3) is 4.23. The third-order valence-corrected chi connectivity index (χ3v) is 4.10. The summed E-state index contributed by atoms with van der Waals surface area (Å²) in [6.07, 6.45) is 4.03. The van der Waals surface area contributed by atoms with Crippen LogP contribution in [0.25, 0.3) is 0 Å². The minimum atomic E-state index is -0.286. The molecule has 0 aromatic carbocycles. The van der Waals surface area contributed by atoms with E-state index in [1.165, 1.54) is 12.4 Å². The maximum atomic E-state index is 13.9. The van der Waals surface area contributed by atoms with Crippen LogP contribution < -0.4 is 15.5 Å². The second kappa shape index (κ2) is 7.91. The first kappa shape index (κ1) is 17.1. The summed E-state index contributed by atoms with van der Waals surface area (Å²) >= 11 is 0. The quantitative estimate of drug-likeness (QED) is 0.612. The number of hydrogen-bond donors (Lipinski definition) is 2. The lowest BCUT2D eigenvalue weighted by atomic mass is 10.3. The number of hydrogen-bond acceptors (Lipinski definition) is 5. The molecular formula is C16H23FN8. The SMILES string of the molecule is CCNC(=NCc1ncnn1C)NC1CCN(c2ncccc2F)C1. The van der Waals surface area contributed by atoms with Crippen molar-refractivity contribution < 1.29 is 4.39 Å². The minimum absolute atomic E-state index is 0.179. The van der Waals surface area contributed by atoms with Crippen molar-refractivity contribution in [1.29, 1.82) is 0 Å². The summed E-state index contributed by atoms with van der Waals surface area (Å²) < 4.78 is 15.6. The van der Waals surface area contributed by atoms with Crippen LogP contribution in [-0.2, 0) is 13.6 Å². The van der Waals surface area contributed by atoms with Gasteiger partial charge in [-0.1, -0.05) is 0 Å². The van der Waals surface area contributed by atoms with E-state index in [1.54, 1.807) is 16.9 Å². The van der Waals surface area contributed by atoms with Gasteiger partial charge in [0.2, 0.25) is 0 Å². The van der Waals surface area contributed by atoms with Gasteiger partial charge in [-0.15, -0.1) is 0 Å². The van der Waals surface area contributed by atoms with E-state index in [4.69, 9.17) is 0 Å². The van der Waals surface area contributed by atoms with Crippen molar-refractivity contribution in [3.63, 3.8) is 0 Å². The van der Waals surface area contributed by atoms with Crippen molar-refractivity contribution in [3.05, 3.63) is 36.3 Å². The van der Waals surface area contributed by atoms with Crippen LogP contribution in [0.4, 0.5) is 10.2 Å². The molecule has 0 saturated carbocycles. The lowest BCUT2D eigenvalue weighted by Gasteiger charge is -2.19. The fraction of sp³-hybridized carbons (Fsp3) is 0.500. The van der Waals surface area contributed by atoms with Crippen molar-refractivity contribution in [2.45, 2.75) is 25.9 Å². The molecule has 1 aliphatic heterocycles. The van der Waals surface area contributed by atoms with Crippen LogP contribution in [0.15, 0.2) is 29.6 Å². The van der Waals surface area contributed by atoms with E-state index in [1.807, 2.05) is 18.9 Å². The summed E-state index contributed by atoms with van der Waals surface area (Å²) in [6.45, 7) is 4.66. The van der Waals surface area contributed by atoms with Crippen LogP contribution in [0.5, 0.6) is 0 Å². The largest absolute Gasteiger partial charge is 0.357 e. The standard InChI is InChI=1S/C16H23FN8/c1-3-18-16(20-9-14-21-11-22-24(14)2)23-12-6-8-25(10-12)15-13(17)5-4-7-19-15/h4-5,7,11-12H,3,6,8-10H2,1-2H3,(H2,18,20,23). The zero-order valence-electron chi connectivity index (χ0n) is 14.5. The molecule has 134 valence electrons. The Morgan fingerprint density at radius 3 is 3.04 bits per heavy atom. The number of aryl methyl sites for hydroxylation is 1. The monoisotopic (exact) mass is 346 g/mol. The Labute approximate surface area is 146 Å². The van der Waals surface area contributed by atoms with Gasteiger partial charge in [0.1, 0.15) is 18.7 Å². The summed E-state index contributed by atoms with van der Waals surface area (Å²) in [6, 6.07) is 3.22. The molecule has 1 aliphatic rings. The van der Waals surface area contributed by atoms with E-state index in [2.05, 4.69) is 30.7 Å². The molecule has 0 spiro atoms. The lowest BCUT2D eigenvalue weighted by molar-refractivity contribution is 0.612. The number of aliphatic imine (C=N–C) groups is 1. The van der Waals surface area contributed by atoms with Gasteiger partial charge in [0.15, 0.2) is 17.6 Å². The fourth-order valence-corrected chi connectivity index (χ4v) is 2.81. The molecule has 0 aliphatic carbocycles. The molecule has 0 amide bonds. The molecule has 3 heterocycles. The maximum absolute atomic E-state index is 13.9. The van der Waals surface area contributed by atoms with Crippen molar-refractivity contribution in [1.82, 2.24) is 30.4 Å². The maximum Gasteiger partial charge on any atom is 0.191 e. The Kier molecular flexibility index (Phi) is 5.42. The first-order chi connectivity index (χ1) is 12.2. The number of anilines is 1. The number of nitrogens with one attached hydrogen (secondary N) is 2. The van der Waals surface area contributed by atoms with Gasteiger partial charge in [0.25, 0.3) is 0 Å². The van der Waals surface area contributed by atoms with Crippen LogP contribution in [0.2, 0.25) is 0 Å². The second-order valence-corrected chi connectivity index (χ2v) is 5.88. The minimum Gasteiger partial charge on any atom is -0.357 e. The molecule has 3 rings (SSSR count). The Bertz CT molecular complexity index is 728. The predicted octanol–water partition coefficient (Wildman–Crippen LogP) is 0.683. The van der Waals surface area contributed by atoms with E-state index in [0.717, 1.165) is 31.3 Å². The van der Waals surface area contributed by atoms with Gasteiger partial charge in [0, 0.05) is 38.9 Å². The Morgan fingerprint density at radius 1 is 1.44 bits per heavy atom. The summed E-state index contributed by atoms with van der Waals surface area (Å²) in [5, 5.41) is 10.7. The van der Waals surface area contributed by atoms with Gasteiger partial charge in [-0.05, 0) is 25.5 Å². The Morgan fingerprint density at radius 2 is 2.32 bits per heavy atom.